The maximum atomic E-state index is 5.77. The van der Waals surface area contributed by atoms with Crippen LogP contribution >= 0.6 is 0 Å². The SMILES string of the molecule is CC(N)c1ccnn1C1COC1. The summed E-state index contributed by atoms with van der Waals surface area (Å²) >= 11 is 0. The fourth-order valence-corrected chi connectivity index (χ4v) is 1.35. The average Bonchev–Trinajstić information content (AvgIpc) is 2.31. The van der Waals surface area contributed by atoms with Gasteiger partial charge in [-0.3, -0.25) is 4.68 Å². The molecule has 0 radical (unpaired) electrons. The molecule has 0 saturated carbocycles. The largest absolute Gasteiger partial charge is 0.377 e. The van der Waals surface area contributed by atoms with Crippen molar-refractivity contribution in [3.63, 3.8) is 0 Å². The fourth-order valence-electron chi connectivity index (χ4n) is 1.35. The maximum Gasteiger partial charge on any atom is 0.0989 e. The number of hydrogen-bond acceptors (Lipinski definition) is 3. The molecule has 4 nitrogen and oxygen atoms in total. The Balaban J connectivity index is 2.23. The van der Waals surface area contributed by atoms with Crippen molar-refractivity contribution in [2.75, 3.05) is 13.2 Å². The molecule has 12 heavy (non-hydrogen) atoms. The third-order valence-corrected chi connectivity index (χ3v) is 2.13. The molecule has 1 unspecified atom stereocenters. The lowest BCUT2D eigenvalue weighted by atomic mass is 10.2. The van der Waals surface area contributed by atoms with E-state index in [0.717, 1.165) is 18.9 Å². The van der Waals surface area contributed by atoms with Gasteiger partial charge in [0.15, 0.2) is 0 Å². The summed E-state index contributed by atoms with van der Waals surface area (Å²) in [6.45, 7) is 3.50. The summed E-state index contributed by atoms with van der Waals surface area (Å²) in [5.41, 5.74) is 6.86. The van der Waals surface area contributed by atoms with Gasteiger partial charge < -0.3 is 10.5 Å². The molecule has 1 aromatic rings. The smallest absolute Gasteiger partial charge is 0.0989 e. The van der Waals surface area contributed by atoms with E-state index in [4.69, 9.17) is 10.5 Å². The molecule has 1 fully saturated rings. The van der Waals surface area contributed by atoms with Crippen LogP contribution in [0.25, 0.3) is 0 Å². The number of ether oxygens (including phenoxy) is 1. The van der Waals surface area contributed by atoms with Gasteiger partial charge in [0.05, 0.1) is 24.9 Å². The topological polar surface area (TPSA) is 53.1 Å². The Kier molecular flexibility index (Phi) is 1.86. The Hall–Kier alpha value is -0.870. The van der Waals surface area contributed by atoms with E-state index in [1.807, 2.05) is 17.7 Å². The molecule has 0 aliphatic carbocycles. The van der Waals surface area contributed by atoms with Gasteiger partial charge in [-0.2, -0.15) is 5.10 Å². The number of nitrogens with two attached hydrogens (primary N) is 1. The van der Waals surface area contributed by atoms with Crippen LogP contribution in [-0.2, 0) is 4.74 Å². The zero-order chi connectivity index (χ0) is 8.55. The van der Waals surface area contributed by atoms with E-state index in [1.54, 1.807) is 6.20 Å². The van der Waals surface area contributed by atoms with Crippen molar-refractivity contribution >= 4 is 0 Å². The van der Waals surface area contributed by atoms with Crippen molar-refractivity contribution in [1.82, 2.24) is 9.78 Å². The third kappa shape index (κ3) is 1.13. The zero-order valence-electron chi connectivity index (χ0n) is 7.10. The first-order valence-corrected chi connectivity index (χ1v) is 4.16. The molecule has 1 saturated heterocycles. The lowest BCUT2D eigenvalue weighted by molar-refractivity contribution is -0.0301. The van der Waals surface area contributed by atoms with E-state index < -0.39 is 0 Å². The summed E-state index contributed by atoms with van der Waals surface area (Å²) in [7, 11) is 0. The molecule has 1 aromatic heterocycles. The van der Waals surface area contributed by atoms with Crippen molar-refractivity contribution in [2.24, 2.45) is 5.73 Å². The quantitative estimate of drug-likeness (QED) is 0.696. The van der Waals surface area contributed by atoms with Crippen molar-refractivity contribution < 1.29 is 4.74 Å². The minimum atomic E-state index is 0.0492. The van der Waals surface area contributed by atoms with Crippen LogP contribution in [0.15, 0.2) is 12.3 Å². The van der Waals surface area contributed by atoms with Crippen LogP contribution < -0.4 is 5.73 Å². The van der Waals surface area contributed by atoms with Gasteiger partial charge in [-0.25, -0.2) is 0 Å². The summed E-state index contributed by atoms with van der Waals surface area (Å²) in [5, 5.41) is 4.22. The Morgan fingerprint density at radius 3 is 3.00 bits per heavy atom. The average molecular weight is 167 g/mol. The second kappa shape index (κ2) is 2.88. The number of aromatic nitrogens is 2. The number of nitrogens with zero attached hydrogens (tertiary/aromatic N) is 2. The van der Waals surface area contributed by atoms with Crippen molar-refractivity contribution in [1.29, 1.82) is 0 Å². The molecule has 0 aromatic carbocycles. The van der Waals surface area contributed by atoms with E-state index in [-0.39, 0.29) is 6.04 Å². The number of rotatable bonds is 2. The molecule has 1 aliphatic heterocycles. The third-order valence-electron chi connectivity index (χ3n) is 2.13. The lowest BCUT2D eigenvalue weighted by Gasteiger charge is -2.28. The second-order valence-electron chi connectivity index (χ2n) is 3.18. The first-order valence-electron chi connectivity index (χ1n) is 4.16. The first kappa shape index (κ1) is 7.76. The van der Waals surface area contributed by atoms with Crippen LogP contribution in [0.1, 0.15) is 24.7 Å². The van der Waals surface area contributed by atoms with Crippen LogP contribution in [0, 0.1) is 0 Å². The van der Waals surface area contributed by atoms with Gasteiger partial charge >= 0.3 is 0 Å². The highest BCUT2D eigenvalue weighted by molar-refractivity contribution is 5.06. The molecule has 2 rings (SSSR count). The van der Waals surface area contributed by atoms with Crippen molar-refractivity contribution in [3.05, 3.63) is 18.0 Å². The first-order chi connectivity index (χ1) is 5.79. The van der Waals surface area contributed by atoms with E-state index in [0.29, 0.717) is 6.04 Å². The predicted molar refractivity (Wildman–Crippen MR) is 44.7 cm³/mol. The summed E-state index contributed by atoms with van der Waals surface area (Å²) in [4.78, 5) is 0. The van der Waals surface area contributed by atoms with Gasteiger partial charge in [-0.15, -0.1) is 0 Å². The maximum absolute atomic E-state index is 5.77. The predicted octanol–water partition coefficient (Wildman–Crippen LogP) is 0.474. The van der Waals surface area contributed by atoms with Crippen LogP contribution in [0.3, 0.4) is 0 Å². The minimum absolute atomic E-state index is 0.0492. The molecule has 2 N–H and O–H groups in total. The molecule has 0 spiro atoms. The van der Waals surface area contributed by atoms with Crippen molar-refractivity contribution in [2.45, 2.75) is 19.0 Å². The van der Waals surface area contributed by atoms with Crippen LogP contribution in [-0.4, -0.2) is 23.0 Å². The Labute approximate surface area is 71.3 Å². The zero-order valence-corrected chi connectivity index (χ0v) is 7.10. The normalized spacial score (nSPS) is 20.5. The van der Waals surface area contributed by atoms with Gasteiger partial charge in [0, 0.05) is 12.2 Å². The monoisotopic (exact) mass is 167 g/mol. The van der Waals surface area contributed by atoms with Gasteiger partial charge in [0.2, 0.25) is 0 Å². The summed E-state index contributed by atoms with van der Waals surface area (Å²) < 4.78 is 7.06. The molecule has 1 aliphatic rings. The Morgan fingerprint density at radius 2 is 2.50 bits per heavy atom. The van der Waals surface area contributed by atoms with E-state index in [2.05, 4.69) is 5.10 Å². The molecule has 0 bridgehead atoms. The summed E-state index contributed by atoms with van der Waals surface area (Å²) in [6, 6.07) is 2.41. The Bertz CT molecular complexity index is 265. The van der Waals surface area contributed by atoms with Crippen LogP contribution in [0.4, 0.5) is 0 Å². The van der Waals surface area contributed by atoms with E-state index in [1.165, 1.54) is 0 Å². The molecular weight excluding hydrogens is 154 g/mol. The van der Waals surface area contributed by atoms with Gasteiger partial charge in [-0.1, -0.05) is 0 Å². The summed E-state index contributed by atoms with van der Waals surface area (Å²) in [6.07, 6.45) is 1.79. The van der Waals surface area contributed by atoms with Crippen LogP contribution in [0.5, 0.6) is 0 Å². The standard InChI is InChI=1S/C8H13N3O/c1-6(9)8-2-3-10-11(8)7-4-12-5-7/h2-3,6-7H,4-5,9H2,1H3. The van der Waals surface area contributed by atoms with Gasteiger partial charge in [-0.05, 0) is 13.0 Å². The van der Waals surface area contributed by atoms with Gasteiger partial charge in [0.25, 0.3) is 0 Å². The fraction of sp³-hybridized carbons (Fsp3) is 0.625. The molecular formula is C8H13N3O. The highest BCUT2D eigenvalue weighted by Crippen LogP contribution is 2.20. The van der Waals surface area contributed by atoms with E-state index >= 15 is 0 Å². The molecule has 0 amide bonds. The van der Waals surface area contributed by atoms with Gasteiger partial charge in [0.1, 0.15) is 0 Å². The Morgan fingerprint density at radius 1 is 1.75 bits per heavy atom. The molecule has 4 heteroatoms. The second-order valence-corrected chi connectivity index (χ2v) is 3.18. The highest BCUT2D eigenvalue weighted by atomic mass is 16.5. The molecule has 66 valence electrons. The number of hydrogen-bond donors (Lipinski definition) is 1. The molecule has 2 heterocycles. The molecule has 1 atom stereocenters. The highest BCUT2D eigenvalue weighted by Gasteiger charge is 2.23. The summed E-state index contributed by atoms with van der Waals surface area (Å²) in [5.74, 6) is 0. The van der Waals surface area contributed by atoms with Crippen molar-refractivity contribution in [3.8, 4) is 0 Å². The van der Waals surface area contributed by atoms with E-state index in [9.17, 15) is 0 Å². The minimum Gasteiger partial charge on any atom is -0.377 e. The van der Waals surface area contributed by atoms with Crippen LogP contribution in [0.2, 0.25) is 0 Å². The lowest BCUT2D eigenvalue weighted by Crippen LogP contribution is -2.33.